The van der Waals surface area contributed by atoms with Gasteiger partial charge in [-0.3, -0.25) is 9.69 Å². The Bertz CT molecular complexity index is 596. The number of nitrogens with zero attached hydrogens (tertiary/aromatic N) is 3. The number of rotatable bonds is 5. The average molecular weight is 353 g/mol. The molecule has 1 aliphatic rings. The molecule has 10 heteroatoms. The largest absolute Gasteiger partial charge is 0.361 e. The lowest BCUT2D eigenvalue weighted by Gasteiger charge is -2.33. The first kappa shape index (κ1) is 18.9. The molecule has 0 saturated carbocycles. The van der Waals surface area contributed by atoms with Crippen molar-refractivity contribution in [2.75, 3.05) is 45.5 Å². The van der Waals surface area contributed by atoms with Gasteiger partial charge in [0, 0.05) is 45.3 Å². The van der Waals surface area contributed by atoms with Crippen LogP contribution >= 0.6 is 12.4 Å². The summed E-state index contributed by atoms with van der Waals surface area (Å²) in [5, 5.41) is 6.41. The Morgan fingerprint density at radius 1 is 1.36 bits per heavy atom. The number of aromatic nitrogens is 1. The van der Waals surface area contributed by atoms with E-state index in [1.807, 2.05) is 0 Å². The van der Waals surface area contributed by atoms with Gasteiger partial charge >= 0.3 is 0 Å². The highest BCUT2D eigenvalue weighted by Gasteiger charge is 2.23. The third kappa shape index (κ3) is 5.24. The molecule has 0 radical (unpaired) electrons. The first-order chi connectivity index (χ1) is 9.86. The van der Waals surface area contributed by atoms with Gasteiger partial charge in [0.2, 0.25) is 10.0 Å². The quantitative estimate of drug-likeness (QED) is 0.782. The van der Waals surface area contributed by atoms with Gasteiger partial charge in [-0.25, -0.2) is 8.42 Å². The molecular formula is C12H21ClN4O4S. The number of piperazine rings is 1. The zero-order valence-electron chi connectivity index (χ0n) is 12.6. The van der Waals surface area contributed by atoms with Crippen molar-refractivity contribution in [2.24, 2.45) is 0 Å². The first-order valence-corrected chi connectivity index (χ1v) is 8.60. The first-order valence-electron chi connectivity index (χ1n) is 6.75. The number of sulfonamides is 1. The van der Waals surface area contributed by atoms with Crippen LogP contribution in [0.25, 0.3) is 0 Å². The van der Waals surface area contributed by atoms with Crippen LogP contribution in [0.3, 0.4) is 0 Å². The van der Waals surface area contributed by atoms with Crippen molar-refractivity contribution in [3.05, 3.63) is 17.5 Å². The Balaban J connectivity index is 0.00000242. The molecule has 1 saturated heterocycles. The lowest BCUT2D eigenvalue weighted by molar-refractivity contribution is 0.0936. The molecule has 0 aliphatic carbocycles. The van der Waals surface area contributed by atoms with E-state index >= 15 is 0 Å². The van der Waals surface area contributed by atoms with E-state index in [9.17, 15) is 13.2 Å². The van der Waals surface area contributed by atoms with Crippen molar-refractivity contribution in [3.63, 3.8) is 0 Å². The zero-order valence-corrected chi connectivity index (χ0v) is 14.2. The standard InChI is InChI=1S/C12H20N4O4S.ClH/c1-10-9-11(14-20-10)12(17)13-3-4-15-5-7-16(8-6-15)21(2,18)19;/h9H,3-8H2,1-2H3,(H,13,17);1H. The molecule has 1 amide bonds. The number of nitrogens with one attached hydrogen (secondary N) is 1. The maximum Gasteiger partial charge on any atom is 0.273 e. The highest BCUT2D eigenvalue weighted by molar-refractivity contribution is 7.88. The van der Waals surface area contributed by atoms with Crippen LogP contribution in [0.15, 0.2) is 10.6 Å². The van der Waals surface area contributed by atoms with Crippen LogP contribution in [-0.4, -0.2) is 74.2 Å². The summed E-state index contributed by atoms with van der Waals surface area (Å²) in [6, 6.07) is 1.58. The predicted octanol–water partition coefficient (Wildman–Crippen LogP) is -0.288. The molecule has 1 aliphatic heterocycles. The summed E-state index contributed by atoms with van der Waals surface area (Å²) in [6.45, 7) is 5.23. The Morgan fingerprint density at radius 2 is 2.00 bits per heavy atom. The van der Waals surface area contributed by atoms with Crippen LogP contribution in [0.5, 0.6) is 0 Å². The highest BCUT2D eigenvalue weighted by Crippen LogP contribution is 2.05. The van der Waals surface area contributed by atoms with Crippen LogP contribution in [-0.2, 0) is 10.0 Å². The van der Waals surface area contributed by atoms with Crippen molar-refractivity contribution in [2.45, 2.75) is 6.92 Å². The summed E-state index contributed by atoms with van der Waals surface area (Å²) in [5.41, 5.74) is 0.273. The van der Waals surface area contributed by atoms with Crippen LogP contribution in [0.1, 0.15) is 16.2 Å². The molecule has 126 valence electrons. The molecule has 8 nitrogen and oxygen atoms in total. The third-order valence-corrected chi connectivity index (χ3v) is 4.68. The summed E-state index contributed by atoms with van der Waals surface area (Å²) in [4.78, 5) is 13.9. The monoisotopic (exact) mass is 352 g/mol. The fourth-order valence-corrected chi connectivity index (χ4v) is 3.00. The minimum atomic E-state index is -3.10. The summed E-state index contributed by atoms with van der Waals surface area (Å²) >= 11 is 0. The molecule has 0 spiro atoms. The van der Waals surface area contributed by atoms with Crippen LogP contribution in [0.4, 0.5) is 0 Å². The van der Waals surface area contributed by atoms with Crippen molar-refractivity contribution in [1.82, 2.24) is 19.7 Å². The summed E-state index contributed by atoms with van der Waals surface area (Å²) in [5.74, 6) is 0.332. The number of hydrogen-bond donors (Lipinski definition) is 1. The Morgan fingerprint density at radius 3 is 2.50 bits per heavy atom. The fourth-order valence-electron chi connectivity index (χ4n) is 2.18. The Hall–Kier alpha value is -1.16. The van der Waals surface area contributed by atoms with Gasteiger partial charge in [-0.1, -0.05) is 5.16 Å². The average Bonchev–Trinajstić information content (AvgIpc) is 2.85. The maximum atomic E-state index is 11.7. The molecule has 1 aromatic rings. The van der Waals surface area contributed by atoms with Crippen LogP contribution in [0.2, 0.25) is 0 Å². The topological polar surface area (TPSA) is 95.8 Å². The minimum Gasteiger partial charge on any atom is -0.361 e. The minimum absolute atomic E-state index is 0. The van der Waals surface area contributed by atoms with Gasteiger partial charge in [-0.05, 0) is 6.92 Å². The zero-order chi connectivity index (χ0) is 15.5. The van der Waals surface area contributed by atoms with Crippen molar-refractivity contribution < 1.29 is 17.7 Å². The Labute approximate surface area is 136 Å². The second kappa shape index (κ2) is 7.91. The smallest absolute Gasteiger partial charge is 0.273 e. The molecule has 1 fully saturated rings. The second-order valence-electron chi connectivity index (χ2n) is 5.08. The van der Waals surface area contributed by atoms with E-state index in [0.717, 1.165) is 0 Å². The second-order valence-corrected chi connectivity index (χ2v) is 7.06. The molecule has 0 bridgehead atoms. The number of aryl methyl sites for hydroxylation is 1. The fraction of sp³-hybridized carbons (Fsp3) is 0.667. The molecule has 2 rings (SSSR count). The van der Waals surface area contributed by atoms with E-state index in [4.69, 9.17) is 4.52 Å². The Kier molecular flexibility index (Phi) is 6.79. The molecular weight excluding hydrogens is 332 g/mol. The normalized spacial score (nSPS) is 17.0. The lowest BCUT2D eigenvalue weighted by Crippen LogP contribution is -2.49. The predicted molar refractivity (Wildman–Crippen MR) is 83.7 cm³/mol. The van der Waals surface area contributed by atoms with E-state index in [-0.39, 0.29) is 24.0 Å². The molecule has 0 atom stereocenters. The van der Waals surface area contributed by atoms with Gasteiger partial charge in [0.25, 0.3) is 5.91 Å². The van der Waals surface area contributed by atoms with Gasteiger partial charge < -0.3 is 9.84 Å². The van der Waals surface area contributed by atoms with E-state index in [0.29, 0.717) is 45.0 Å². The number of carbonyl (C=O) groups is 1. The van der Waals surface area contributed by atoms with Crippen molar-refractivity contribution in [3.8, 4) is 0 Å². The molecule has 0 aromatic carbocycles. The number of carbonyl (C=O) groups excluding carboxylic acids is 1. The molecule has 1 aromatic heterocycles. The maximum absolute atomic E-state index is 11.7. The van der Waals surface area contributed by atoms with Crippen molar-refractivity contribution in [1.29, 1.82) is 0 Å². The van der Waals surface area contributed by atoms with Crippen LogP contribution < -0.4 is 5.32 Å². The van der Waals surface area contributed by atoms with Gasteiger partial charge in [0.15, 0.2) is 5.69 Å². The third-order valence-electron chi connectivity index (χ3n) is 3.37. The van der Waals surface area contributed by atoms with E-state index in [2.05, 4.69) is 15.4 Å². The van der Waals surface area contributed by atoms with E-state index in [1.165, 1.54) is 10.6 Å². The van der Waals surface area contributed by atoms with Gasteiger partial charge in [0.1, 0.15) is 5.76 Å². The van der Waals surface area contributed by atoms with E-state index < -0.39 is 10.0 Å². The molecule has 0 unspecified atom stereocenters. The summed E-state index contributed by atoms with van der Waals surface area (Å²) < 4.78 is 29.1. The number of halogens is 1. The van der Waals surface area contributed by atoms with Gasteiger partial charge in [-0.15, -0.1) is 12.4 Å². The SMILES string of the molecule is Cc1cc(C(=O)NCCN2CCN(S(C)(=O)=O)CC2)no1.Cl. The summed E-state index contributed by atoms with van der Waals surface area (Å²) in [7, 11) is -3.10. The molecule has 1 N–H and O–H groups in total. The van der Waals surface area contributed by atoms with Gasteiger partial charge in [0.05, 0.1) is 6.26 Å². The molecule has 22 heavy (non-hydrogen) atoms. The van der Waals surface area contributed by atoms with Crippen LogP contribution in [0, 0.1) is 6.92 Å². The van der Waals surface area contributed by atoms with E-state index in [1.54, 1.807) is 13.0 Å². The van der Waals surface area contributed by atoms with Gasteiger partial charge in [-0.2, -0.15) is 4.31 Å². The summed E-state index contributed by atoms with van der Waals surface area (Å²) in [6.07, 6.45) is 1.22. The highest BCUT2D eigenvalue weighted by atomic mass is 35.5. The number of hydrogen-bond acceptors (Lipinski definition) is 6. The number of amides is 1. The molecule has 2 heterocycles. The lowest BCUT2D eigenvalue weighted by atomic mass is 10.3. The van der Waals surface area contributed by atoms with Crippen molar-refractivity contribution >= 4 is 28.3 Å².